The second kappa shape index (κ2) is 5.30. The number of phenols is 1. The molecule has 4 nitrogen and oxygen atoms in total. The molecule has 0 aliphatic carbocycles. The highest BCUT2D eigenvalue weighted by atomic mass is 16.3. The Morgan fingerprint density at radius 2 is 2.06 bits per heavy atom. The molecule has 0 aliphatic rings. The fourth-order valence-corrected chi connectivity index (χ4v) is 1.61. The van der Waals surface area contributed by atoms with Gasteiger partial charge in [0.05, 0.1) is 12.9 Å². The first kappa shape index (κ1) is 11.4. The molecule has 0 spiro atoms. The number of nitrogens with zero attached hydrogens (tertiary/aromatic N) is 2. The van der Waals surface area contributed by atoms with Crippen molar-refractivity contribution in [1.82, 2.24) is 9.55 Å². The largest absolute Gasteiger partial charge is 0.508 e. The minimum absolute atomic E-state index is 0.177. The molecule has 4 heteroatoms. The number of phenolic OH excluding ortho intramolecular Hbond substituents is 1. The number of hydrogen-bond donors (Lipinski definition) is 1. The van der Waals surface area contributed by atoms with Crippen molar-refractivity contribution in [2.75, 3.05) is 0 Å². The maximum Gasteiger partial charge on any atom is 0.152 e. The van der Waals surface area contributed by atoms with E-state index in [1.165, 1.54) is 0 Å². The van der Waals surface area contributed by atoms with E-state index in [1.54, 1.807) is 35.4 Å². The van der Waals surface area contributed by atoms with Gasteiger partial charge in [0.2, 0.25) is 0 Å². The smallest absolute Gasteiger partial charge is 0.152 e. The number of hydrogen-bond acceptors (Lipinski definition) is 3. The Kier molecular flexibility index (Phi) is 3.55. The van der Waals surface area contributed by atoms with E-state index in [9.17, 15) is 4.79 Å². The fraction of sp³-hybridized carbons (Fsp3) is 0.231. The molecule has 1 N–H and O–H groups in total. The lowest BCUT2D eigenvalue weighted by Gasteiger charge is -2.02. The van der Waals surface area contributed by atoms with Gasteiger partial charge in [-0.25, -0.2) is 4.98 Å². The van der Waals surface area contributed by atoms with Gasteiger partial charge in [0, 0.05) is 18.8 Å². The average Bonchev–Trinajstić information content (AvgIpc) is 2.81. The monoisotopic (exact) mass is 230 g/mol. The molecule has 1 aromatic carbocycles. The number of aromatic hydroxyl groups is 1. The summed E-state index contributed by atoms with van der Waals surface area (Å²) in [5.41, 5.74) is 1.06. The second-order valence-corrected chi connectivity index (χ2v) is 3.94. The molecule has 0 radical (unpaired) electrons. The SMILES string of the molecule is O=C(CCc1ccc(O)cc1)Cn1ccnc1. The summed E-state index contributed by atoms with van der Waals surface area (Å²) in [6.07, 6.45) is 6.28. The van der Waals surface area contributed by atoms with E-state index in [-0.39, 0.29) is 11.5 Å². The van der Waals surface area contributed by atoms with Crippen molar-refractivity contribution >= 4 is 5.78 Å². The Morgan fingerprint density at radius 1 is 1.29 bits per heavy atom. The molecule has 1 aromatic heterocycles. The maximum absolute atomic E-state index is 11.7. The number of aryl methyl sites for hydroxylation is 1. The van der Waals surface area contributed by atoms with Crippen LogP contribution in [0.3, 0.4) is 0 Å². The van der Waals surface area contributed by atoms with Crippen molar-refractivity contribution < 1.29 is 9.90 Å². The van der Waals surface area contributed by atoms with Crippen LogP contribution >= 0.6 is 0 Å². The standard InChI is InChI=1S/C13H14N2O2/c16-12-4-1-11(2-5-12)3-6-13(17)9-15-8-7-14-10-15/h1-2,4-5,7-8,10,16H,3,6,9H2. The van der Waals surface area contributed by atoms with Crippen molar-refractivity contribution in [3.8, 4) is 5.75 Å². The number of imidazole rings is 1. The minimum atomic E-state index is 0.177. The summed E-state index contributed by atoms with van der Waals surface area (Å²) in [5, 5.41) is 9.13. The molecule has 17 heavy (non-hydrogen) atoms. The molecule has 0 saturated heterocycles. The van der Waals surface area contributed by atoms with E-state index in [2.05, 4.69) is 4.98 Å². The Labute approximate surface area is 99.5 Å². The molecule has 0 fully saturated rings. The first-order valence-corrected chi connectivity index (χ1v) is 5.49. The van der Waals surface area contributed by atoms with Crippen molar-refractivity contribution in [3.05, 3.63) is 48.5 Å². The predicted octanol–water partition coefficient (Wildman–Crippen LogP) is 1.79. The van der Waals surface area contributed by atoms with E-state index in [0.717, 1.165) is 5.56 Å². The lowest BCUT2D eigenvalue weighted by molar-refractivity contribution is -0.119. The summed E-state index contributed by atoms with van der Waals surface area (Å²) in [6.45, 7) is 0.373. The van der Waals surface area contributed by atoms with Gasteiger partial charge in [-0.2, -0.15) is 0 Å². The van der Waals surface area contributed by atoms with Crippen LogP contribution in [-0.2, 0) is 17.8 Å². The molecular formula is C13H14N2O2. The van der Waals surface area contributed by atoms with Gasteiger partial charge in [0.25, 0.3) is 0 Å². The highest BCUT2D eigenvalue weighted by Crippen LogP contribution is 2.11. The first-order chi connectivity index (χ1) is 8.24. The minimum Gasteiger partial charge on any atom is -0.508 e. The van der Waals surface area contributed by atoms with Crippen LogP contribution in [0.15, 0.2) is 43.0 Å². The number of aromatic nitrogens is 2. The summed E-state index contributed by atoms with van der Waals surface area (Å²) in [5.74, 6) is 0.426. The lowest BCUT2D eigenvalue weighted by Crippen LogP contribution is -2.09. The van der Waals surface area contributed by atoms with Crippen LogP contribution in [0.1, 0.15) is 12.0 Å². The molecule has 88 valence electrons. The number of rotatable bonds is 5. The molecule has 2 aromatic rings. The number of carbonyl (C=O) groups excluding carboxylic acids is 1. The Hall–Kier alpha value is -2.10. The van der Waals surface area contributed by atoms with Crippen LogP contribution in [0.5, 0.6) is 5.75 Å². The summed E-state index contributed by atoms with van der Waals surface area (Å²) in [4.78, 5) is 15.5. The van der Waals surface area contributed by atoms with Crippen LogP contribution < -0.4 is 0 Å². The third-order valence-corrected chi connectivity index (χ3v) is 2.55. The molecule has 0 bridgehead atoms. The Balaban J connectivity index is 1.82. The summed E-state index contributed by atoms with van der Waals surface area (Å²) in [7, 11) is 0. The number of benzene rings is 1. The number of Topliss-reactive ketones (excluding diaryl/α,β-unsaturated/α-hetero) is 1. The predicted molar refractivity (Wildman–Crippen MR) is 63.7 cm³/mol. The van der Waals surface area contributed by atoms with Crippen molar-refractivity contribution in [2.45, 2.75) is 19.4 Å². The molecule has 0 aliphatic heterocycles. The van der Waals surface area contributed by atoms with Gasteiger partial charge in [0.1, 0.15) is 5.75 Å². The summed E-state index contributed by atoms with van der Waals surface area (Å²) < 4.78 is 1.76. The zero-order valence-corrected chi connectivity index (χ0v) is 9.41. The zero-order valence-electron chi connectivity index (χ0n) is 9.41. The van der Waals surface area contributed by atoms with Gasteiger partial charge >= 0.3 is 0 Å². The highest BCUT2D eigenvalue weighted by molar-refractivity contribution is 5.78. The number of ketones is 1. The van der Waals surface area contributed by atoms with E-state index in [1.807, 2.05) is 12.1 Å². The van der Waals surface area contributed by atoms with E-state index >= 15 is 0 Å². The van der Waals surface area contributed by atoms with Crippen LogP contribution in [0.2, 0.25) is 0 Å². The third kappa shape index (κ3) is 3.45. The highest BCUT2D eigenvalue weighted by Gasteiger charge is 2.03. The van der Waals surface area contributed by atoms with Crippen molar-refractivity contribution in [2.24, 2.45) is 0 Å². The average molecular weight is 230 g/mol. The van der Waals surface area contributed by atoms with Gasteiger partial charge in [-0.1, -0.05) is 12.1 Å². The van der Waals surface area contributed by atoms with E-state index < -0.39 is 0 Å². The van der Waals surface area contributed by atoms with Gasteiger partial charge < -0.3 is 9.67 Å². The normalized spacial score (nSPS) is 10.4. The quantitative estimate of drug-likeness (QED) is 0.852. The van der Waals surface area contributed by atoms with Crippen molar-refractivity contribution in [1.29, 1.82) is 0 Å². The Bertz CT molecular complexity index is 475. The third-order valence-electron chi connectivity index (χ3n) is 2.55. The zero-order chi connectivity index (χ0) is 12.1. The molecule has 0 unspecified atom stereocenters. The van der Waals surface area contributed by atoms with Crippen LogP contribution in [0.4, 0.5) is 0 Å². The molecule has 0 amide bonds. The van der Waals surface area contributed by atoms with Crippen LogP contribution in [-0.4, -0.2) is 20.4 Å². The first-order valence-electron chi connectivity index (χ1n) is 5.49. The van der Waals surface area contributed by atoms with E-state index in [0.29, 0.717) is 19.4 Å². The van der Waals surface area contributed by atoms with Crippen molar-refractivity contribution in [3.63, 3.8) is 0 Å². The maximum atomic E-state index is 11.7. The molecular weight excluding hydrogens is 216 g/mol. The Morgan fingerprint density at radius 3 is 2.71 bits per heavy atom. The lowest BCUT2D eigenvalue weighted by atomic mass is 10.1. The second-order valence-electron chi connectivity index (χ2n) is 3.94. The van der Waals surface area contributed by atoms with Gasteiger partial charge in [-0.3, -0.25) is 4.79 Å². The van der Waals surface area contributed by atoms with Gasteiger partial charge in [-0.15, -0.1) is 0 Å². The van der Waals surface area contributed by atoms with Gasteiger partial charge in [0.15, 0.2) is 5.78 Å². The number of carbonyl (C=O) groups is 1. The summed E-state index contributed by atoms with van der Waals surface area (Å²) >= 11 is 0. The summed E-state index contributed by atoms with van der Waals surface area (Å²) in [6, 6.07) is 6.94. The molecule has 1 heterocycles. The molecule has 0 atom stereocenters. The fourth-order valence-electron chi connectivity index (χ4n) is 1.61. The van der Waals surface area contributed by atoms with E-state index in [4.69, 9.17) is 5.11 Å². The van der Waals surface area contributed by atoms with Crippen LogP contribution in [0.25, 0.3) is 0 Å². The molecule has 2 rings (SSSR count). The molecule has 0 saturated carbocycles. The van der Waals surface area contributed by atoms with Gasteiger partial charge in [-0.05, 0) is 24.1 Å². The topological polar surface area (TPSA) is 55.1 Å². The van der Waals surface area contributed by atoms with Crippen LogP contribution in [0, 0.1) is 0 Å².